The Kier molecular flexibility index (Phi) is 4.33. The Balaban J connectivity index is 2.85. The zero-order chi connectivity index (χ0) is 13.0. The summed E-state index contributed by atoms with van der Waals surface area (Å²) in [5.41, 5.74) is -0.390. The number of nitrogens with one attached hydrogen (secondary N) is 1. The molecule has 1 N–H and O–H groups in total. The number of halogens is 3. The van der Waals surface area contributed by atoms with Crippen molar-refractivity contribution < 1.29 is 23.5 Å². The van der Waals surface area contributed by atoms with Gasteiger partial charge in [0.1, 0.15) is 11.6 Å². The molecule has 0 atom stereocenters. The zero-order valence-electron chi connectivity index (χ0n) is 8.17. The van der Waals surface area contributed by atoms with E-state index in [9.17, 15) is 23.5 Å². The van der Waals surface area contributed by atoms with Crippen molar-refractivity contribution in [1.82, 2.24) is 0 Å². The number of hydrogen-bond acceptors (Lipinski definition) is 3. The summed E-state index contributed by atoms with van der Waals surface area (Å²) in [6.45, 7) is 0. The van der Waals surface area contributed by atoms with E-state index in [1.54, 1.807) is 0 Å². The number of carboxylic acids is 1. The first-order valence-corrected chi connectivity index (χ1v) is 5.04. The Labute approximate surface area is 103 Å². The number of hydrogen-bond donors (Lipinski definition) is 1. The van der Waals surface area contributed by atoms with Gasteiger partial charge in [0.2, 0.25) is 5.91 Å². The van der Waals surface area contributed by atoms with Crippen molar-refractivity contribution in [1.29, 1.82) is 0 Å². The van der Waals surface area contributed by atoms with Crippen LogP contribution in [0, 0.1) is 11.6 Å². The molecule has 0 aliphatic rings. The highest BCUT2D eigenvalue weighted by Gasteiger charge is 2.09. The molecular weight excluding hydrogens is 300 g/mol. The molecule has 4 nitrogen and oxygen atoms in total. The van der Waals surface area contributed by atoms with Gasteiger partial charge in [-0.15, -0.1) is 0 Å². The van der Waals surface area contributed by atoms with Gasteiger partial charge in [0.25, 0.3) is 0 Å². The lowest BCUT2D eigenvalue weighted by atomic mass is 10.3. The van der Waals surface area contributed by atoms with Crippen LogP contribution in [0.5, 0.6) is 0 Å². The minimum Gasteiger partial charge on any atom is -0.545 e. The lowest BCUT2D eigenvalue weighted by Gasteiger charge is -2.05. The number of carbonyl (C=O) groups is 2. The van der Waals surface area contributed by atoms with Crippen molar-refractivity contribution in [3.63, 3.8) is 0 Å². The fraction of sp³-hybridized carbons (Fsp3) is 0. The van der Waals surface area contributed by atoms with Crippen LogP contribution in [0.4, 0.5) is 14.5 Å². The van der Waals surface area contributed by atoms with Crippen LogP contribution >= 0.6 is 15.9 Å². The molecule has 7 heteroatoms. The number of amides is 1. The standard InChI is InChI=1S/C10H6BrF2NO3/c11-5-3-7(13)8(4-6(5)12)14-9(15)1-2-10(16)17/h1-4H,(H,14,15)(H,16,17)/p-1/b2-1+. The summed E-state index contributed by atoms with van der Waals surface area (Å²) in [5, 5.41) is 12.0. The quantitative estimate of drug-likeness (QED) is 0.668. The lowest BCUT2D eigenvalue weighted by Crippen LogP contribution is -2.20. The highest BCUT2D eigenvalue weighted by Crippen LogP contribution is 2.23. The number of benzene rings is 1. The molecule has 0 spiro atoms. The first kappa shape index (κ1) is 13.3. The lowest BCUT2D eigenvalue weighted by molar-refractivity contribution is -0.297. The molecule has 0 unspecified atom stereocenters. The van der Waals surface area contributed by atoms with E-state index in [1.165, 1.54) is 0 Å². The second kappa shape index (κ2) is 5.53. The van der Waals surface area contributed by atoms with E-state index in [-0.39, 0.29) is 4.47 Å². The summed E-state index contributed by atoms with van der Waals surface area (Å²) in [7, 11) is 0. The van der Waals surface area contributed by atoms with Gasteiger partial charge in [0, 0.05) is 12.1 Å². The van der Waals surface area contributed by atoms with Crippen LogP contribution in [0.15, 0.2) is 28.8 Å². The largest absolute Gasteiger partial charge is 0.545 e. The van der Waals surface area contributed by atoms with Gasteiger partial charge in [-0.05, 0) is 28.1 Å². The van der Waals surface area contributed by atoms with Gasteiger partial charge in [-0.3, -0.25) is 4.79 Å². The van der Waals surface area contributed by atoms with E-state index in [1.807, 2.05) is 5.32 Å². The molecule has 0 fully saturated rings. The molecule has 0 aliphatic heterocycles. The topological polar surface area (TPSA) is 69.2 Å². The molecule has 90 valence electrons. The summed E-state index contributed by atoms with van der Waals surface area (Å²) < 4.78 is 26.2. The maximum Gasteiger partial charge on any atom is 0.248 e. The minimum atomic E-state index is -1.57. The Morgan fingerprint density at radius 2 is 1.88 bits per heavy atom. The van der Waals surface area contributed by atoms with E-state index in [0.717, 1.165) is 12.1 Å². The Hall–Kier alpha value is -1.76. The van der Waals surface area contributed by atoms with Crippen LogP contribution in [0.25, 0.3) is 0 Å². The average molecular weight is 305 g/mol. The third-order valence-electron chi connectivity index (χ3n) is 1.64. The fourth-order valence-corrected chi connectivity index (χ4v) is 1.25. The number of carbonyl (C=O) groups excluding carboxylic acids is 2. The molecule has 0 saturated carbocycles. The third-order valence-corrected chi connectivity index (χ3v) is 2.25. The van der Waals surface area contributed by atoms with Crippen molar-refractivity contribution in [2.45, 2.75) is 0 Å². The number of aliphatic carboxylic acids is 1. The fourth-order valence-electron chi connectivity index (χ4n) is 0.936. The molecule has 1 amide bonds. The van der Waals surface area contributed by atoms with E-state index in [2.05, 4.69) is 15.9 Å². The Morgan fingerprint density at radius 3 is 2.47 bits per heavy atom. The highest BCUT2D eigenvalue weighted by atomic mass is 79.9. The summed E-state index contributed by atoms with van der Waals surface area (Å²) in [6.07, 6.45) is 1.11. The van der Waals surface area contributed by atoms with Crippen molar-refractivity contribution in [3.8, 4) is 0 Å². The number of carboxylic acid groups (broad SMARTS) is 1. The molecule has 0 saturated heterocycles. The van der Waals surface area contributed by atoms with Crippen LogP contribution in [-0.4, -0.2) is 11.9 Å². The van der Waals surface area contributed by atoms with Crippen molar-refractivity contribution >= 4 is 33.5 Å². The normalized spacial score (nSPS) is 10.5. The smallest absolute Gasteiger partial charge is 0.248 e. The molecule has 0 heterocycles. The summed E-state index contributed by atoms with van der Waals surface area (Å²) >= 11 is 2.77. The summed E-state index contributed by atoms with van der Waals surface area (Å²) in [5.74, 6) is -4.09. The first-order valence-electron chi connectivity index (χ1n) is 4.24. The van der Waals surface area contributed by atoms with Gasteiger partial charge in [-0.2, -0.15) is 0 Å². The molecule has 1 aromatic rings. The Bertz CT molecular complexity index is 503. The van der Waals surface area contributed by atoms with Crippen LogP contribution in [0.1, 0.15) is 0 Å². The predicted octanol–water partition coefficient (Wildman–Crippen LogP) is 0.972. The summed E-state index contributed by atoms with van der Waals surface area (Å²) in [4.78, 5) is 21.1. The van der Waals surface area contributed by atoms with Crippen LogP contribution < -0.4 is 10.4 Å². The number of anilines is 1. The minimum absolute atomic E-state index is 0.0849. The second-order valence-electron chi connectivity index (χ2n) is 2.89. The van der Waals surface area contributed by atoms with Gasteiger partial charge in [0.05, 0.1) is 16.1 Å². The van der Waals surface area contributed by atoms with Crippen LogP contribution in [0.3, 0.4) is 0 Å². The molecule has 0 aromatic heterocycles. The molecule has 0 aliphatic carbocycles. The van der Waals surface area contributed by atoms with Gasteiger partial charge in [-0.1, -0.05) is 0 Å². The van der Waals surface area contributed by atoms with Crippen molar-refractivity contribution in [3.05, 3.63) is 40.4 Å². The third kappa shape index (κ3) is 3.95. The Morgan fingerprint density at radius 1 is 1.24 bits per heavy atom. The maximum absolute atomic E-state index is 13.2. The average Bonchev–Trinajstić information content (AvgIpc) is 2.23. The van der Waals surface area contributed by atoms with Crippen LogP contribution in [0.2, 0.25) is 0 Å². The zero-order valence-corrected chi connectivity index (χ0v) is 9.75. The highest BCUT2D eigenvalue weighted by molar-refractivity contribution is 9.10. The molecule has 0 bridgehead atoms. The predicted molar refractivity (Wildman–Crippen MR) is 56.8 cm³/mol. The molecular formula is C10H5BrF2NO3-. The molecule has 1 rings (SSSR count). The maximum atomic E-state index is 13.2. The first-order chi connectivity index (χ1) is 7.90. The molecule has 0 radical (unpaired) electrons. The number of rotatable bonds is 3. The van der Waals surface area contributed by atoms with Gasteiger partial charge < -0.3 is 15.2 Å². The molecule has 1 aromatic carbocycles. The van der Waals surface area contributed by atoms with Crippen molar-refractivity contribution in [2.24, 2.45) is 0 Å². The van der Waals surface area contributed by atoms with Crippen molar-refractivity contribution in [2.75, 3.05) is 5.32 Å². The van der Waals surface area contributed by atoms with E-state index >= 15 is 0 Å². The van der Waals surface area contributed by atoms with Gasteiger partial charge in [0.15, 0.2) is 0 Å². The van der Waals surface area contributed by atoms with Gasteiger partial charge >= 0.3 is 0 Å². The van der Waals surface area contributed by atoms with E-state index < -0.39 is 29.2 Å². The SMILES string of the molecule is O=C([O-])/C=C/C(=O)Nc1cc(F)c(Br)cc1F. The van der Waals surface area contributed by atoms with Gasteiger partial charge in [-0.25, -0.2) is 8.78 Å². The van der Waals surface area contributed by atoms with Crippen LogP contribution in [-0.2, 0) is 9.59 Å². The molecule has 17 heavy (non-hydrogen) atoms. The monoisotopic (exact) mass is 304 g/mol. The van der Waals surface area contributed by atoms with E-state index in [0.29, 0.717) is 12.2 Å². The van der Waals surface area contributed by atoms with E-state index in [4.69, 9.17) is 0 Å². The second-order valence-corrected chi connectivity index (χ2v) is 3.74. The summed E-state index contributed by atoms with van der Waals surface area (Å²) in [6, 6.07) is 1.61.